The Morgan fingerprint density at radius 3 is 2.63 bits per heavy atom. The summed E-state index contributed by atoms with van der Waals surface area (Å²) < 4.78 is 27.6. The van der Waals surface area contributed by atoms with Crippen molar-refractivity contribution in [2.75, 3.05) is 10.8 Å². The summed E-state index contributed by atoms with van der Waals surface area (Å²) in [7, 11) is -3.65. The maximum absolute atomic E-state index is 13.1. The molecule has 0 unspecified atom stereocenters. The van der Waals surface area contributed by atoms with E-state index in [9.17, 15) is 13.5 Å². The molecule has 0 fully saturated rings. The Balaban J connectivity index is 1.78. The molecule has 2 heterocycles. The topological polar surface area (TPSA) is 70.5 Å². The summed E-state index contributed by atoms with van der Waals surface area (Å²) in [5.74, 6) is 0.488. The number of hydrogen-bond donors (Lipinski definition) is 1. The van der Waals surface area contributed by atoms with E-state index in [2.05, 4.69) is 4.98 Å². The number of anilines is 1. The first-order chi connectivity index (χ1) is 13.0. The van der Waals surface area contributed by atoms with Crippen molar-refractivity contribution >= 4 is 15.8 Å². The number of hydrogen-bond acceptors (Lipinski definition) is 4. The summed E-state index contributed by atoms with van der Waals surface area (Å²) in [4.78, 5) is 4.65. The Labute approximate surface area is 159 Å². The summed E-state index contributed by atoms with van der Waals surface area (Å²) in [6.07, 6.45) is 2.25. The Kier molecular flexibility index (Phi) is 4.45. The first kappa shape index (κ1) is 17.7. The zero-order valence-corrected chi connectivity index (χ0v) is 15.8. The van der Waals surface area contributed by atoms with Gasteiger partial charge in [-0.25, -0.2) is 17.7 Å². The summed E-state index contributed by atoms with van der Waals surface area (Å²) in [6, 6.07) is 16.4. The van der Waals surface area contributed by atoms with Crippen molar-refractivity contribution in [2.45, 2.75) is 24.8 Å². The highest BCUT2D eigenvalue weighted by molar-refractivity contribution is 7.92. The van der Waals surface area contributed by atoms with Crippen LogP contribution in [0.4, 0.5) is 5.82 Å². The van der Waals surface area contributed by atoms with Crippen LogP contribution in [0.25, 0.3) is 11.1 Å². The van der Waals surface area contributed by atoms with Crippen molar-refractivity contribution < 1.29 is 13.5 Å². The van der Waals surface area contributed by atoms with Crippen molar-refractivity contribution in [3.8, 4) is 11.1 Å². The van der Waals surface area contributed by atoms with Gasteiger partial charge in [0.05, 0.1) is 11.5 Å². The predicted molar refractivity (Wildman–Crippen MR) is 105 cm³/mol. The average Bonchev–Trinajstić information content (AvgIpc) is 3.13. The van der Waals surface area contributed by atoms with Crippen molar-refractivity contribution in [1.82, 2.24) is 4.98 Å². The minimum absolute atomic E-state index is 0.0327. The van der Waals surface area contributed by atoms with Crippen molar-refractivity contribution in [3.63, 3.8) is 0 Å². The molecule has 2 aromatic carbocycles. The van der Waals surface area contributed by atoms with Gasteiger partial charge in [-0.15, -0.1) is 0 Å². The molecule has 1 N–H and O–H groups in total. The maximum atomic E-state index is 13.1. The van der Waals surface area contributed by atoms with Crippen LogP contribution in [-0.2, 0) is 23.1 Å². The van der Waals surface area contributed by atoms with E-state index < -0.39 is 10.0 Å². The molecule has 1 aromatic heterocycles. The molecule has 1 aliphatic rings. The van der Waals surface area contributed by atoms with Gasteiger partial charge in [0.2, 0.25) is 0 Å². The van der Waals surface area contributed by atoms with Gasteiger partial charge in [0.1, 0.15) is 5.82 Å². The van der Waals surface area contributed by atoms with Crippen LogP contribution in [0.2, 0.25) is 0 Å². The standard InChI is InChI=1S/C21H20N2O3S/c1-15-5-7-18(8-6-15)27(25,26)23-12-10-20-19(9-11-22-21(20)23)17-4-2-3-16(13-17)14-24/h2-9,11,13,24H,10,12,14H2,1H3. The summed E-state index contributed by atoms with van der Waals surface area (Å²) >= 11 is 0. The van der Waals surface area contributed by atoms with Gasteiger partial charge in [-0.1, -0.05) is 35.9 Å². The fourth-order valence-corrected chi connectivity index (χ4v) is 4.89. The van der Waals surface area contributed by atoms with Gasteiger partial charge in [0.25, 0.3) is 10.0 Å². The number of aryl methyl sites for hydroxylation is 1. The monoisotopic (exact) mass is 380 g/mol. The van der Waals surface area contributed by atoms with E-state index in [0.717, 1.165) is 27.8 Å². The molecular formula is C21H20N2O3S. The Bertz CT molecular complexity index is 1090. The molecule has 5 nitrogen and oxygen atoms in total. The van der Waals surface area contributed by atoms with Crippen LogP contribution >= 0.6 is 0 Å². The molecule has 6 heteroatoms. The fourth-order valence-electron chi connectivity index (χ4n) is 3.44. The average molecular weight is 380 g/mol. The number of aromatic nitrogens is 1. The highest BCUT2D eigenvalue weighted by atomic mass is 32.2. The van der Waals surface area contributed by atoms with Crippen LogP contribution in [0.3, 0.4) is 0 Å². The van der Waals surface area contributed by atoms with Gasteiger partial charge in [-0.3, -0.25) is 0 Å². The van der Waals surface area contributed by atoms with Gasteiger partial charge < -0.3 is 5.11 Å². The van der Waals surface area contributed by atoms with Gasteiger partial charge in [0, 0.05) is 18.3 Å². The summed E-state index contributed by atoms with van der Waals surface area (Å²) in [5.41, 5.74) is 4.66. The third-order valence-electron chi connectivity index (χ3n) is 4.86. The Hall–Kier alpha value is -2.70. The molecule has 1 aliphatic heterocycles. The SMILES string of the molecule is Cc1ccc(S(=O)(=O)N2CCc3c(-c4cccc(CO)c4)ccnc32)cc1. The van der Waals surface area contributed by atoms with E-state index in [-0.39, 0.29) is 11.5 Å². The second kappa shape index (κ2) is 6.79. The summed E-state index contributed by atoms with van der Waals surface area (Å²) in [6.45, 7) is 2.26. The molecule has 0 amide bonds. The molecule has 0 spiro atoms. The highest BCUT2D eigenvalue weighted by Gasteiger charge is 2.33. The largest absolute Gasteiger partial charge is 0.392 e. The number of aliphatic hydroxyl groups excluding tert-OH is 1. The molecule has 0 bridgehead atoms. The molecule has 27 heavy (non-hydrogen) atoms. The van der Waals surface area contributed by atoms with E-state index in [0.29, 0.717) is 18.8 Å². The number of benzene rings is 2. The first-order valence-electron chi connectivity index (χ1n) is 8.78. The normalized spacial score (nSPS) is 13.6. The lowest BCUT2D eigenvalue weighted by Crippen LogP contribution is -2.29. The van der Waals surface area contributed by atoms with Gasteiger partial charge in [-0.2, -0.15) is 0 Å². The highest BCUT2D eigenvalue weighted by Crippen LogP contribution is 2.37. The van der Waals surface area contributed by atoms with Gasteiger partial charge in [0.15, 0.2) is 0 Å². The van der Waals surface area contributed by atoms with Crippen LogP contribution in [0.5, 0.6) is 0 Å². The van der Waals surface area contributed by atoms with E-state index in [4.69, 9.17) is 0 Å². The zero-order valence-electron chi connectivity index (χ0n) is 15.0. The quantitative estimate of drug-likeness (QED) is 0.754. The zero-order chi connectivity index (χ0) is 19.0. The molecule has 0 saturated carbocycles. The van der Waals surface area contributed by atoms with Gasteiger partial charge >= 0.3 is 0 Å². The van der Waals surface area contributed by atoms with Gasteiger partial charge in [-0.05, 0) is 54.3 Å². The Morgan fingerprint density at radius 2 is 1.89 bits per heavy atom. The molecule has 0 radical (unpaired) electrons. The molecule has 138 valence electrons. The van der Waals surface area contributed by atoms with Crippen molar-refractivity contribution in [2.24, 2.45) is 0 Å². The predicted octanol–water partition coefficient (Wildman–Crippen LogP) is 3.30. The number of nitrogens with zero attached hydrogens (tertiary/aromatic N) is 2. The van der Waals surface area contributed by atoms with E-state index in [1.807, 2.05) is 37.3 Å². The number of fused-ring (bicyclic) bond motifs is 1. The third-order valence-corrected chi connectivity index (χ3v) is 6.67. The van der Waals surface area contributed by atoms with Crippen LogP contribution in [0.1, 0.15) is 16.7 Å². The second-order valence-corrected chi connectivity index (χ2v) is 8.52. The smallest absolute Gasteiger partial charge is 0.265 e. The lowest BCUT2D eigenvalue weighted by atomic mass is 9.99. The molecular weight excluding hydrogens is 360 g/mol. The van der Waals surface area contributed by atoms with Crippen LogP contribution < -0.4 is 4.31 Å². The first-order valence-corrected chi connectivity index (χ1v) is 10.2. The molecule has 0 atom stereocenters. The van der Waals surface area contributed by atoms with E-state index in [1.54, 1.807) is 30.5 Å². The number of pyridine rings is 1. The molecule has 3 aromatic rings. The van der Waals surface area contributed by atoms with E-state index >= 15 is 0 Å². The molecule has 0 saturated heterocycles. The minimum atomic E-state index is -3.65. The van der Waals surface area contributed by atoms with Crippen LogP contribution in [-0.4, -0.2) is 25.1 Å². The van der Waals surface area contributed by atoms with Crippen molar-refractivity contribution in [1.29, 1.82) is 0 Å². The van der Waals surface area contributed by atoms with Crippen molar-refractivity contribution in [3.05, 3.63) is 77.5 Å². The van der Waals surface area contributed by atoms with Crippen LogP contribution in [0, 0.1) is 6.92 Å². The number of rotatable bonds is 4. The number of aliphatic hydroxyl groups is 1. The molecule has 0 aliphatic carbocycles. The second-order valence-electron chi connectivity index (χ2n) is 6.66. The minimum Gasteiger partial charge on any atom is -0.392 e. The third kappa shape index (κ3) is 3.11. The van der Waals surface area contributed by atoms with Crippen LogP contribution in [0.15, 0.2) is 65.7 Å². The lowest BCUT2D eigenvalue weighted by molar-refractivity contribution is 0.282. The number of sulfonamides is 1. The lowest BCUT2D eigenvalue weighted by Gasteiger charge is -2.19. The fraction of sp³-hybridized carbons (Fsp3) is 0.190. The maximum Gasteiger partial charge on any atom is 0.265 e. The molecule has 4 rings (SSSR count). The van der Waals surface area contributed by atoms with E-state index in [1.165, 1.54) is 4.31 Å². The Morgan fingerprint density at radius 1 is 1.11 bits per heavy atom. The summed E-state index contributed by atoms with van der Waals surface area (Å²) in [5, 5.41) is 9.40.